The Balaban J connectivity index is -0.000000168. The van der Waals surface area contributed by atoms with Crippen LogP contribution < -0.4 is 0 Å². The van der Waals surface area contributed by atoms with Gasteiger partial charge in [-0.3, -0.25) is 0 Å². The molecule has 0 rings (SSSR count). The third-order valence-corrected chi connectivity index (χ3v) is 1.85. The van der Waals surface area contributed by atoms with Crippen LogP contribution in [0.5, 0.6) is 0 Å². The maximum Gasteiger partial charge on any atom is -0.0237 e. The number of allylic oxidation sites excluding steroid dienone is 2. The molecule has 0 aromatic carbocycles. The van der Waals surface area contributed by atoms with Crippen LogP contribution in [0, 0.1) is 5.92 Å². The molecule has 0 saturated carbocycles. The molecule has 88 valence electrons. The van der Waals surface area contributed by atoms with E-state index in [1.807, 2.05) is 0 Å². The molecule has 0 aliphatic heterocycles. The fraction of sp³-hybridized carbons (Fsp3) is 0.857. The van der Waals surface area contributed by atoms with E-state index >= 15 is 0 Å². The molecule has 0 spiro atoms. The van der Waals surface area contributed by atoms with Gasteiger partial charge in [0.25, 0.3) is 0 Å². The zero-order valence-corrected chi connectivity index (χ0v) is 11.8. The SMILES string of the molecule is C/C=C(/C)C(C)CC.CCC.CCC. The van der Waals surface area contributed by atoms with Crippen LogP contribution in [0.25, 0.3) is 0 Å². The topological polar surface area (TPSA) is 0 Å². The van der Waals surface area contributed by atoms with E-state index in [4.69, 9.17) is 0 Å². The molecule has 0 heterocycles. The minimum Gasteiger partial charge on any atom is -0.0885 e. The quantitative estimate of drug-likeness (QED) is 0.492. The molecule has 0 radical (unpaired) electrons. The molecule has 0 N–H and O–H groups in total. The standard InChI is InChI=1S/C8H16.2C3H8/c1-5-7(3)8(4)6-2;2*1-3-2/h5,8H,6H2,1-4H3;2*3H2,1-2H3/b7-5-;;. The highest BCUT2D eigenvalue weighted by Crippen LogP contribution is 2.11. The number of hydrogen-bond acceptors (Lipinski definition) is 0. The smallest absolute Gasteiger partial charge is 0.0237 e. The summed E-state index contributed by atoms with van der Waals surface area (Å²) in [5.41, 5.74) is 1.51. The molecule has 0 nitrogen and oxygen atoms in total. The van der Waals surface area contributed by atoms with Crippen LogP contribution in [0.3, 0.4) is 0 Å². The van der Waals surface area contributed by atoms with Gasteiger partial charge in [-0.2, -0.15) is 0 Å². The van der Waals surface area contributed by atoms with Crippen LogP contribution >= 0.6 is 0 Å². The summed E-state index contributed by atoms with van der Waals surface area (Å²) in [5.74, 6) is 0.778. The molecule has 1 atom stereocenters. The number of hydrogen-bond donors (Lipinski definition) is 0. The largest absolute Gasteiger partial charge is 0.0885 e. The molecular weight excluding hydrogens is 168 g/mol. The van der Waals surface area contributed by atoms with E-state index in [-0.39, 0.29) is 0 Å². The second kappa shape index (κ2) is 18.5. The van der Waals surface area contributed by atoms with Gasteiger partial charge in [0.1, 0.15) is 0 Å². The summed E-state index contributed by atoms with van der Waals surface area (Å²) in [6, 6.07) is 0. The molecule has 1 unspecified atom stereocenters. The minimum absolute atomic E-state index is 0.778. The highest BCUT2D eigenvalue weighted by molar-refractivity contribution is 4.99. The second-order valence-electron chi connectivity index (χ2n) is 3.76. The number of rotatable bonds is 2. The Labute approximate surface area is 92.8 Å². The van der Waals surface area contributed by atoms with Crippen molar-refractivity contribution in [1.82, 2.24) is 0 Å². The lowest BCUT2D eigenvalue weighted by Crippen LogP contribution is -1.91. The molecule has 0 aromatic heterocycles. The summed E-state index contributed by atoms with van der Waals surface area (Å²) in [4.78, 5) is 0. The molecule has 0 aliphatic rings. The summed E-state index contributed by atoms with van der Waals surface area (Å²) >= 11 is 0. The maximum absolute atomic E-state index is 2.26. The van der Waals surface area contributed by atoms with Gasteiger partial charge >= 0.3 is 0 Å². The predicted octanol–water partition coefficient (Wildman–Crippen LogP) is 5.83. The fourth-order valence-corrected chi connectivity index (χ4v) is 0.606. The Kier molecular flexibility index (Phi) is 25.6. The highest BCUT2D eigenvalue weighted by atomic mass is 14.0. The lowest BCUT2D eigenvalue weighted by molar-refractivity contribution is 0.654. The Morgan fingerprint density at radius 1 is 1.00 bits per heavy atom. The fourth-order valence-electron chi connectivity index (χ4n) is 0.606. The highest BCUT2D eigenvalue weighted by Gasteiger charge is 1.96. The van der Waals surface area contributed by atoms with E-state index in [0.29, 0.717) is 0 Å². The van der Waals surface area contributed by atoms with Crippen LogP contribution in [-0.2, 0) is 0 Å². The maximum atomic E-state index is 2.26. The van der Waals surface area contributed by atoms with Crippen molar-refractivity contribution in [3.8, 4) is 0 Å². The average molecular weight is 200 g/mol. The molecule has 0 saturated heterocycles. The Bertz CT molecular complexity index is 98.6. The van der Waals surface area contributed by atoms with Gasteiger partial charge in [-0.15, -0.1) is 0 Å². The van der Waals surface area contributed by atoms with Gasteiger partial charge in [0.05, 0.1) is 0 Å². The first-order chi connectivity index (χ1) is 6.55. The van der Waals surface area contributed by atoms with Gasteiger partial charge in [-0.05, 0) is 26.2 Å². The van der Waals surface area contributed by atoms with Crippen molar-refractivity contribution in [1.29, 1.82) is 0 Å². The zero-order valence-electron chi connectivity index (χ0n) is 11.8. The second-order valence-corrected chi connectivity index (χ2v) is 3.76. The minimum atomic E-state index is 0.778. The van der Waals surface area contributed by atoms with Crippen LogP contribution in [0.4, 0.5) is 0 Å². The summed E-state index contributed by atoms with van der Waals surface area (Å²) in [7, 11) is 0. The summed E-state index contributed by atoms with van der Waals surface area (Å²) in [6.45, 7) is 17.3. The van der Waals surface area contributed by atoms with Gasteiger partial charge in [0.2, 0.25) is 0 Å². The predicted molar refractivity (Wildman–Crippen MR) is 70.8 cm³/mol. The van der Waals surface area contributed by atoms with E-state index in [0.717, 1.165) is 5.92 Å². The van der Waals surface area contributed by atoms with Crippen molar-refractivity contribution in [2.24, 2.45) is 5.92 Å². The first-order valence-corrected chi connectivity index (χ1v) is 6.18. The Hall–Kier alpha value is -0.260. The van der Waals surface area contributed by atoms with E-state index < -0.39 is 0 Å². The summed E-state index contributed by atoms with van der Waals surface area (Å²) < 4.78 is 0. The molecule has 0 aromatic rings. The normalized spacial score (nSPS) is 11.9. The molecule has 0 fully saturated rings. The molecular formula is C14H32. The van der Waals surface area contributed by atoms with Gasteiger partial charge in [0, 0.05) is 0 Å². The van der Waals surface area contributed by atoms with Crippen LogP contribution in [-0.4, -0.2) is 0 Å². The summed E-state index contributed by atoms with van der Waals surface area (Å²) in [5, 5.41) is 0. The third kappa shape index (κ3) is 22.6. The molecule has 14 heavy (non-hydrogen) atoms. The molecule has 0 amide bonds. The van der Waals surface area contributed by atoms with Crippen molar-refractivity contribution >= 4 is 0 Å². The van der Waals surface area contributed by atoms with E-state index in [2.05, 4.69) is 61.5 Å². The van der Waals surface area contributed by atoms with Gasteiger partial charge in [0.15, 0.2) is 0 Å². The van der Waals surface area contributed by atoms with Gasteiger partial charge in [-0.25, -0.2) is 0 Å². The average Bonchev–Trinajstić information content (AvgIpc) is 2.18. The lowest BCUT2D eigenvalue weighted by atomic mass is 10.0. The zero-order chi connectivity index (χ0) is 12.0. The van der Waals surface area contributed by atoms with Crippen LogP contribution in [0.15, 0.2) is 11.6 Å². The van der Waals surface area contributed by atoms with Crippen molar-refractivity contribution in [2.45, 2.75) is 74.7 Å². The first kappa shape index (κ1) is 19.3. The van der Waals surface area contributed by atoms with E-state index in [9.17, 15) is 0 Å². The van der Waals surface area contributed by atoms with E-state index in [1.54, 1.807) is 0 Å². The third-order valence-electron chi connectivity index (χ3n) is 1.85. The van der Waals surface area contributed by atoms with Crippen LogP contribution in [0.1, 0.15) is 74.7 Å². The van der Waals surface area contributed by atoms with Gasteiger partial charge in [-0.1, -0.05) is 66.0 Å². The van der Waals surface area contributed by atoms with Crippen molar-refractivity contribution < 1.29 is 0 Å². The molecule has 0 aliphatic carbocycles. The first-order valence-electron chi connectivity index (χ1n) is 6.18. The monoisotopic (exact) mass is 200 g/mol. The Morgan fingerprint density at radius 2 is 1.29 bits per heavy atom. The van der Waals surface area contributed by atoms with Crippen LogP contribution in [0.2, 0.25) is 0 Å². The van der Waals surface area contributed by atoms with Crippen molar-refractivity contribution in [3.05, 3.63) is 11.6 Å². The molecule has 0 bridgehead atoms. The van der Waals surface area contributed by atoms with Gasteiger partial charge < -0.3 is 0 Å². The summed E-state index contributed by atoms with van der Waals surface area (Å²) in [6.07, 6.45) is 5.95. The van der Waals surface area contributed by atoms with Crippen molar-refractivity contribution in [2.75, 3.05) is 0 Å². The van der Waals surface area contributed by atoms with Crippen molar-refractivity contribution in [3.63, 3.8) is 0 Å². The Morgan fingerprint density at radius 3 is 1.36 bits per heavy atom. The molecule has 0 heteroatoms. The lowest BCUT2D eigenvalue weighted by Gasteiger charge is -2.06. The van der Waals surface area contributed by atoms with E-state index in [1.165, 1.54) is 24.8 Å².